The molecule has 6 heteroatoms. The normalized spacial score (nSPS) is 18.5. The highest BCUT2D eigenvalue weighted by Crippen LogP contribution is 2.18. The lowest BCUT2D eigenvalue weighted by molar-refractivity contribution is 0.0655. The molecule has 0 spiro atoms. The van der Waals surface area contributed by atoms with E-state index in [1.807, 2.05) is 18.7 Å². The third kappa shape index (κ3) is 2.62. The van der Waals surface area contributed by atoms with Crippen LogP contribution in [0.15, 0.2) is 30.5 Å². The van der Waals surface area contributed by atoms with E-state index in [1.165, 1.54) is 12.1 Å². The number of aromatic nitrogens is 2. The highest BCUT2D eigenvalue weighted by atomic mass is 19.1. The van der Waals surface area contributed by atoms with Gasteiger partial charge in [-0.3, -0.25) is 4.79 Å². The Kier molecular flexibility index (Phi) is 3.94. The maximum absolute atomic E-state index is 13.0. The number of nitrogens with one attached hydrogen (secondary N) is 1. The van der Waals surface area contributed by atoms with Crippen LogP contribution in [0.25, 0.3) is 5.69 Å². The van der Waals surface area contributed by atoms with Crippen molar-refractivity contribution in [1.29, 1.82) is 0 Å². The molecule has 1 aliphatic rings. The lowest BCUT2D eigenvalue weighted by Crippen LogP contribution is -2.52. The summed E-state index contributed by atoms with van der Waals surface area (Å²) in [5, 5.41) is 7.56. The van der Waals surface area contributed by atoms with E-state index in [9.17, 15) is 9.18 Å². The predicted molar refractivity (Wildman–Crippen MR) is 81.6 cm³/mol. The van der Waals surface area contributed by atoms with E-state index in [0.717, 1.165) is 24.5 Å². The molecule has 1 fully saturated rings. The summed E-state index contributed by atoms with van der Waals surface area (Å²) in [4.78, 5) is 14.6. The van der Waals surface area contributed by atoms with E-state index < -0.39 is 0 Å². The minimum atomic E-state index is -0.292. The summed E-state index contributed by atoms with van der Waals surface area (Å²) in [6, 6.07) is 6.23. The molecular weight excluding hydrogens is 283 g/mol. The van der Waals surface area contributed by atoms with E-state index in [0.29, 0.717) is 12.1 Å². The van der Waals surface area contributed by atoms with Crippen molar-refractivity contribution >= 4 is 5.91 Å². The van der Waals surface area contributed by atoms with Crippen molar-refractivity contribution in [2.45, 2.75) is 19.9 Å². The van der Waals surface area contributed by atoms with E-state index in [4.69, 9.17) is 0 Å². The molecule has 22 heavy (non-hydrogen) atoms. The van der Waals surface area contributed by atoms with Gasteiger partial charge in [0.15, 0.2) is 0 Å². The summed E-state index contributed by atoms with van der Waals surface area (Å²) in [6.45, 7) is 6.19. The van der Waals surface area contributed by atoms with Crippen molar-refractivity contribution in [3.63, 3.8) is 0 Å². The van der Waals surface area contributed by atoms with Crippen LogP contribution in [0.2, 0.25) is 0 Å². The van der Waals surface area contributed by atoms with Crippen LogP contribution in [0.5, 0.6) is 0 Å². The van der Waals surface area contributed by atoms with Crippen LogP contribution < -0.4 is 5.32 Å². The zero-order valence-corrected chi connectivity index (χ0v) is 12.7. The second-order valence-electron chi connectivity index (χ2n) is 5.58. The zero-order valence-electron chi connectivity index (χ0n) is 12.7. The highest BCUT2D eigenvalue weighted by molar-refractivity contribution is 5.95. The Balaban J connectivity index is 1.89. The van der Waals surface area contributed by atoms with Gasteiger partial charge >= 0.3 is 0 Å². The van der Waals surface area contributed by atoms with Gasteiger partial charge in [0.05, 0.1) is 23.1 Å². The Morgan fingerprint density at radius 3 is 2.77 bits per heavy atom. The number of amides is 1. The molecule has 1 amide bonds. The fourth-order valence-corrected chi connectivity index (χ4v) is 2.76. The lowest BCUT2D eigenvalue weighted by Gasteiger charge is -2.33. The van der Waals surface area contributed by atoms with Crippen LogP contribution in [-0.2, 0) is 0 Å². The smallest absolute Gasteiger partial charge is 0.257 e. The van der Waals surface area contributed by atoms with E-state index in [2.05, 4.69) is 10.4 Å². The van der Waals surface area contributed by atoms with Gasteiger partial charge in [-0.15, -0.1) is 0 Å². The Labute approximate surface area is 128 Å². The molecule has 1 saturated heterocycles. The molecule has 0 unspecified atom stereocenters. The number of benzene rings is 1. The standard InChI is InChI=1S/C16H19FN4O/c1-11-9-18-7-8-20(11)16(22)15-10-19-21(12(15)2)14-5-3-13(17)4-6-14/h3-6,10-11,18H,7-9H2,1-2H3/t11-/m0/s1. The minimum absolute atomic E-state index is 0.000128. The first kappa shape index (κ1) is 14.7. The number of carbonyl (C=O) groups excluding carboxylic acids is 1. The first-order valence-corrected chi connectivity index (χ1v) is 7.40. The van der Waals surface area contributed by atoms with Crippen LogP contribution in [0.3, 0.4) is 0 Å². The molecule has 1 N–H and O–H groups in total. The second-order valence-corrected chi connectivity index (χ2v) is 5.58. The molecule has 2 aromatic rings. The SMILES string of the molecule is Cc1c(C(=O)N2CCNC[C@@H]2C)cnn1-c1ccc(F)cc1. The van der Waals surface area contributed by atoms with Gasteiger partial charge in [-0.2, -0.15) is 5.10 Å². The molecule has 1 atom stereocenters. The summed E-state index contributed by atoms with van der Waals surface area (Å²) in [7, 11) is 0. The van der Waals surface area contributed by atoms with Gasteiger partial charge < -0.3 is 10.2 Å². The van der Waals surface area contributed by atoms with E-state index in [-0.39, 0.29) is 17.8 Å². The average Bonchev–Trinajstić information content (AvgIpc) is 2.90. The van der Waals surface area contributed by atoms with Gasteiger partial charge in [-0.1, -0.05) is 0 Å². The minimum Gasteiger partial charge on any atom is -0.333 e. The van der Waals surface area contributed by atoms with Crippen molar-refractivity contribution in [2.75, 3.05) is 19.6 Å². The molecule has 116 valence electrons. The number of piperazine rings is 1. The molecule has 0 aliphatic carbocycles. The van der Waals surface area contributed by atoms with Crippen molar-refractivity contribution in [2.24, 2.45) is 0 Å². The molecule has 3 rings (SSSR count). The Morgan fingerprint density at radius 1 is 1.36 bits per heavy atom. The Morgan fingerprint density at radius 2 is 2.09 bits per heavy atom. The fraction of sp³-hybridized carbons (Fsp3) is 0.375. The molecule has 0 bridgehead atoms. The summed E-state index contributed by atoms with van der Waals surface area (Å²) >= 11 is 0. The van der Waals surface area contributed by atoms with Crippen molar-refractivity contribution in [3.8, 4) is 5.69 Å². The van der Waals surface area contributed by atoms with E-state index in [1.54, 1.807) is 23.0 Å². The van der Waals surface area contributed by atoms with E-state index >= 15 is 0 Å². The quantitative estimate of drug-likeness (QED) is 0.919. The molecule has 1 aliphatic heterocycles. The Hall–Kier alpha value is -2.21. The number of halogens is 1. The number of hydrogen-bond acceptors (Lipinski definition) is 3. The van der Waals surface area contributed by atoms with Crippen LogP contribution in [0.1, 0.15) is 23.0 Å². The molecule has 1 aromatic heterocycles. The zero-order chi connectivity index (χ0) is 15.7. The first-order valence-electron chi connectivity index (χ1n) is 7.40. The number of hydrogen-bond donors (Lipinski definition) is 1. The molecule has 5 nitrogen and oxygen atoms in total. The maximum atomic E-state index is 13.0. The lowest BCUT2D eigenvalue weighted by atomic mass is 10.1. The van der Waals surface area contributed by atoms with Crippen LogP contribution in [-0.4, -0.2) is 46.3 Å². The number of rotatable bonds is 2. The van der Waals surface area contributed by atoms with Crippen molar-refractivity contribution in [3.05, 3.63) is 47.5 Å². The van der Waals surface area contributed by atoms with Gasteiger partial charge in [0.1, 0.15) is 5.82 Å². The molecular formula is C16H19FN4O. The van der Waals surface area contributed by atoms with Gasteiger partial charge in [0.25, 0.3) is 5.91 Å². The topological polar surface area (TPSA) is 50.2 Å². The summed E-state index contributed by atoms with van der Waals surface area (Å²) < 4.78 is 14.7. The van der Waals surface area contributed by atoms with Gasteiger partial charge in [0.2, 0.25) is 0 Å². The number of nitrogens with zero attached hydrogens (tertiary/aromatic N) is 3. The first-order chi connectivity index (χ1) is 10.6. The average molecular weight is 302 g/mol. The van der Waals surface area contributed by atoms with Crippen molar-refractivity contribution < 1.29 is 9.18 Å². The molecule has 1 aromatic carbocycles. The molecule has 2 heterocycles. The van der Waals surface area contributed by atoms with Crippen LogP contribution in [0.4, 0.5) is 4.39 Å². The maximum Gasteiger partial charge on any atom is 0.257 e. The fourth-order valence-electron chi connectivity index (χ4n) is 2.76. The second kappa shape index (κ2) is 5.88. The van der Waals surface area contributed by atoms with Gasteiger partial charge in [-0.05, 0) is 38.1 Å². The molecule has 0 radical (unpaired) electrons. The summed E-state index contributed by atoms with van der Waals surface area (Å²) in [5.41, 5.74) is 2.10. The van der Waals surface area contributed by atoms with Gasteiger partial charge in [-0.25, -0.2) is 9.07 Å². The van der Waals surface area contributed by atoms with Crippen molar-refractivity contribution in [1.82, 2.24) is 20.0 Å². The van der Waals surface area contributed by atoms with Crippen LogP contribution in [0, 0.1) is 12.7 Å². The van der Waals surface area contributed by atoms with Crippen LogP contribution >= 0.6 is 0 Å². The third-order valence-corrected chi connectivity index (χ3v) is 4.07. The third-order valence-electron chi connectivity index (χ3n) is 4.07. The van der Waals surface area contributed by atoms with Gasteiger partial charge in [0, 0.05) is 25.7 Å². The highest BCUT2D eigenvalue weighted by Gasteiger charge is 2.26. The predicted octanol–water partition coefficient (Wildman–Crippen LogP) is 1.75. The molecule has 0 saturated carbocycles. The largest absolute Gasteiger partial charge is 0.333 e. The summed E-state index contributed by atoms with van der Waals surface area (Å²) in [6.07, 6.45) is 1.59. The number of carbonyl (C=O) groups is 1. The monoisotopic (exact) mass is 302 g/mol. The Bertz CT molecular complexity index is 680. The summed E-state index contributed by atoms with van der Waals surface area (Å²) in [5.74, 6) is -0.292.